The molecule has 0 aliphatic carbocycles. The molecule has 0 radical (unpaired) electrons. The lowest BCUT2D eigenvalue weighted by Crippen LogP contribution is -2.35. The zero-order chi connectivity index (χ0) is 17.3. The van der Waals surface area contributed by atoms with E-state index < -0.39 is 0 Å². The first-order valence-electron chi connectivity index (χ1n) is 9.02. The summed E-state index contributed by atoms with van der Waals surface area (Å²) in [5.41, 5.74) is 1.93. The minimum absolute atomic E-state index is 0.0188. The zero-order valence-corrected chi connectivity index (χ0v) is 15.4. The summed E-state index contributed by atoms with van der Waals surface area (Å²) in [6.45, 7) is 5.93. The average molecular weight is 362 g/mol. The van der Waals surface area contributed by atoms with E-state index in [0.717, 1.165) is 30.4 Å². The number of rotatable bonds is 9. The third-order valence-electron chi connectivity index (χ3n) is 4.40. The van der Waals surface area contributed by atoms with Crippen LogP contribution in [0.5, 0.6) is 5.75 Å². The maximum atomic E-state index is 9.05. The molecule has 1 aliphatic rings. The van der Waals surface area contributed by atoms with Crippen molar-refractivity contribution in [3.8, 4) is 5.75 Å². The van der Waals surface area contributed by atoms with Gasteiger partial charge >= 0.3 is 0 Å². The van der Waals surface area contributed by atoms with Crippen molar-refractivity contribution in [2.75, 3.05) is 26.2 Å². The van der Waals surface area contributed by atoms with E-state index >= 15 is 0 Å². The molecule has 1 aromatic heterocycles. The van der Waals surface area contributed by atoms with Crippen LogP contribution in [0.4, 0.5) is 0 Å². The molecule has 0 unspecified atom stereocenters. The second-order valence-corrected chi connectivity index (χ2v) is 7.35. The van der Waals surface area contributed by atoms with Crippen LogP contribution in [0.3, 0.4) is 0 Å². The van der Waals surface area contributed by atoms with Crippen molar-refractivity contribution in [3.05, 3.63) is 45.9 Å². The predicted molar refractivity (Wildman–Crippen MR) is 101 cm³/mol. The number of benzene rings is 1. The van der Waals surface area contributed by atoms with Crippen molar-refractivity contribution in [1.29, 1.82) is 0 Å². The van der Waals surface area contributed by atoms with E-state index in [4.69, 9.17) is 9.84 Å². The van der Waals surface area contributed by atoms with Crippen molar-refractivity contribution in [3.63, 3.8) is 0 Å². The lowest BCUT2D eigenvalue weighted by Gasteiger charge is -2.26. The van der Waals surface area contributed by atoms with Gasteiger partial charge in [-0.1, -0.05) is 18.6 Å². The quantitative estimate of drug-likeness (QED) is 0.673. The summed E-state index contributed by atoms with van der Waals surface area (Å²) in [6, 6.07) is 8.19. The number of nitrogens with one attached hydrogen (secondary N) is 1. The third kappa shape index (κ3) is 6.08. The summed E-state index contributed by atoms with van der Waals surface area (Å²) < 4.78 is 5.82. The molecule has 5 nitrogen and oxygen atoms in total. The van der Waals surface area contributed by atoms with Gasteiger partial charge in [0, 0.05) is 25.0 Å². The summed E-state index contributed by atoms with van der Waals surface area (Å²) in [7, 11) is 0. The normalized spacial score (nSPS) is 15.4. The summed E-state index contributed by atoms with van der Waals surface area (Å²) in [5.74, 6) is 0.857. The molecule has 0 saturated carbocycles. The fourth-order valence-electron chi connectivity index (χ4n) is 3.03. The Kier molecular flexibility index (Phi) is 7.23. The standard InChI is InChI=1S/C19H27N3O2S/c23-13-17-15-25-19(21-17)14-24-18-6-4-5-16(11-18)12-20-7-10-22-8-2-1-3-9-22/h4-6,11,15,20,23H,1-3,7-10,12-14H2. The highest BCUT2D eigenvalue weighted by atomic mass is 32.1. The SMILES string of the molecule is OCc1csc(COc2cccc(CNCCN3CCCCC3)c2)n1. The molecule has 0 bridgehead atoms. The largest absolute Gasteiger partial charge is 0.486 e. The van der Waals surface area contributed by atoms with Gasteiger partial charge in [-0.3, -0.25) is 0 Å². The molecule has 136 valence electrons. The fraction of sp³-hybridized carbons (Fsp3) is 0.526. The number of aromatic nitrogens is 1. The lowest BCUT2D eigenvalue weighted by molar-refractivity contribution is 0.229. The molecule has 25 heavy (non-hydrogen) atoms. The first kappa shape index (κ1) is 18.3. The molecular formula is C19H27N3O2S. The molecule has 1 fully saturated rings. The van der Waals surface area contributed by atoms with Crippen LogP contribution in [0.25, 0.3) is 0 Å². The number of hydrogen-bond acceptors (Lipinski definition) is 6. The molecule has 2 aromatic rings. The Morgan fingerprint density at radius 2 is 2.12 bits per heavy atom. The predicted octanol–water partition coefficient (Wildman–Crippen LogP) is 2.79. The number of likely N-dealkylation sites (tertiary alicyclic amines) is 1. The molecule has 2 heterocycles. The summed E-state index contributed by atoms with van der Waals surface area (Å²) >= 11 is 1.51. The second-order valence-electron chi connectivity index (χ2n) is 6.41. The van der Waals surface area contributed by atoms with E-state index in [2.05, 4.69) is 27.3 Å². The Morgan fingerprint density at radius 3 is 2.92 bits per heavy atom. The Balaban J connectivity index is 1.39. The van der Waals surface area contributed by atoms with Gasteiger partial charge in [0.1, 0.15) is 17.4 Å². The number of aliphatic hydroxyl groups excluding tert-OH is 1. The van der Waals surface area contributed by atoms with Gasteiger partial charge in [0.2, 0.25) is 0 Å². The average Bonchev–Trinajstić information content (AvgIpc) is 3.13. The first-order chi connectivity index (χ1) is 12.3. The van der Waals surface area contributed by atoms with E-state index in [0.29, 0.717) is 12.3 Å². The maximum Gasteiger partial charge on any atom is 0.140 e. The van der Waals surface area contributed by atoms with Crippen molar-refractivity contribution < 1.29 is 9.84 Å². The highest BCUT2D eigenvalue weighted by molar-refractivity contribution is 7.09. The Bertz CT molecular complexity index is 641. The number of thiazole rings is 1. The summed E-state index contributed by atoms with van der Waals surface area (Å²) in [6.07, 6.45) is 4.08. The number of piperidine rings is 1. The monoisotopic (exact) mass is 361 g/mol. The first-order valence-corrected chi connectivity index (χ1v) is 9.90. The Hall–Kier alpha value is -1.47. The summed E-state index contributed by atoms with van der Waals surface area (Å²) in [5, 5.41) is 15.3. The molecule has 3 rings (SSSR count). The third-order valence-corrected chi connectivity index (χ3v) is 5.28. The van der Waals surface area contributed by atoms with Crippen LogP contribution < -0.4 is 10.1 Å². The van der Waals surface area contributed by atoms with Gasteiger partial charge in [-0.25, -0.2) is 4.98 Å². The minimum atomic E-state index is -0.0188. The molecular weight excluding hydrogens is 334 g/mol. The van der Waals surface area contributed by atoms with Gasteiger partial charge in [-0.05, 0) is 43.6 Å². The van der Waals surface area contributed by atoms with Gasteiger partial charge in [0.05, 0.1) is 12.3 Å². The number of ether oxygens (including phenoxy) is 1. The van der Waals surface area contributed by atoms with Crippen LogP contribution in [0.2, 0.25) is 0 Å². The van der Waals surface area contributed by atoms with E-state index in [-0.39, 0.29) is 6.61 Å². The number of hydrogen-bond donors (Lipinski definition) is 2. The van der Waals surface area contributed by atoms with Gasteiger partial charge < -0.3 is 20.1 Å². The molecule has 0 spiro atoms. The number of aliphatic hydroxyl groups is 1. The smallest absolute Gasteiger partial charge is 0.140 e. The van der Waals surface area contributed by atoms with Gasteiger partial charge in [-0.15, -0.1) is 11.3 Å². The van der Waals surface area contributed by atoms with Crippen LogP contribution in [0, 0.1) is 0 Å². The molecule has 1 saturated heterocycles. The van der Waals surface area contributed by atoms with Gasteiger partial charge in [0.15, 0.2) is 0 Å². The fourth-order valence-corrected chi connectivity index (χ4v) is 3.73. The molecule has 1 aliphatic heterocycles. The van der Waals surface area contributed by atoms with Crippen LogP contribution in [0.15, 0.2) is 29.6 Å². The number of nitrogens with zero attached hydrogens (tertiary/aromatic N) is 2. The van der Waals surface area contributed by atoms with Crippen LogP contribution in [-0.2, 0) is 19.8 Å². The Morgan fingerprint density at radius 1 is 1.24 bits per heavy atom. The lowest BCUT2D eigenvalue weighted by atomic mass is 10.1. The topological polar surface area (TPSA) is 57.6 Å². The second kappa shape index (κ2) is 9.87. The molecule has 0 atom stereocenters. The van der Waals surface area contributed by atoms with Crippen molar-refractivity contribution in [1.82, 2.24) is 15.2 Å². The zero-order valence-electron chi connectivity index (χ0n) is 14.6. The highest BCUT2D eigenvalue weighted by Crippen LogP contribution is 2.17. The van der Waals surface area contributed by atoms with Crippen molar-refractivity contribution in [2.45, 2.75) is 39.0 Å². The van der Waals surface area contributed by atoms with Crippen LogP contribution >= 0.6 is 11.3 Å². The van der Waals surface area contributed by atoms with E-state index in [1.807, 2.05) is 17.5 Å². The van der Waals surface area contributed by atoms with Gasteiger partial charge in [0.25, 0.3) is 0 Å². The molecule has 0 amide bonds. The minimum Gasteiger partial charge on any atom is -0.486 e. The Labute approximate surface area is 153 Å². The van der Waals surface area contributed by atoms with Crippen LogP contribution in [-0.4, -0.2) is 41.2 Å². The van der Waals surface area contributed by atoms with Crippen LogP contribution in [0.1, 0.15) is 35.5 Å². The van der Waals surface area contributed by atoms with E-state index in [1.165, 1.54) is 49.3 Å². The van der Waals surface area contributed by atoms with E-state index in [1.54, 1.807) is 0 Å². The highest BCUT2D eigenvalue weighted by Gasteiger charge is 2.08. The van der Waals surface area contributed by atoms with E-state index in [9.17, 15) is 0 Å². The maximum absolute atomic E-state index is 9.05. The molecule has 1 aromatic carbocycles. The molecule has 2 N–H and O–H groups in total. The van der Waals surface area contributed by atoms with Crippen molar-refractivity contribution in [2.24, 2.45) is 0 Å². The summed E-state index contributed by atoms with van der Waals surface area (Å²) in [4.78, 5) is 6.84. The van der Waals surface area contributed by atoms with Gasteiger partial charge in [-0.2, -0.15) is 0 Å². The molecule has 6 heteroatoms. The van der Waals surface area contributed by atoms with Crippen molar-refractivity contribution >= 4 is 11.3 Å².